The maximum Gasteiger partial charge on any atom is 0.185 e. The molecule has 0 aromatic heterocycles. The lowest BCUT2D eigenvalue weighted by Gasteiger charge is -2.31. The van der Waals surface area contributed by atoms with Crippen LogP contribution >= 0.6 is 11.6 Å². The standard InChI is InChI=1S/C18H16ClNO/c1-2-12-10-17(18(21)13-6-4-3-5-7-13)20-16-9-8-14(19)11-15(12)16/h2-9,11-12,17,20H,1,10H2/t12-,17-/m1/s1. The zero-order valence-electron chi connectivity index (χ0n) is 11.6. The van der Waals surface area contributed by atoms with E-state index in [0.717, 1.165) is 16.8 Å². The number of carbonyl (C=O) groups excluding carboxylic acids is 1. The van der Waals surface area contributed by atoms with Crippen LogP contribution in [0.1, 0.15) is 28.3 Å². The Morgan fingerprint density at radius 1 is 1.24 bits per heavy atom. The van der Waals surface area contributed by atoms with Crippen molar-refractivity contribution >= 4 is 23.1 Å². The first-order chi connectivity index (χ1) is 10.2. The largest absolute Gasteiger partial charge is 0.375 e. The highest BCUT2D eigenvalue weighted by Gasteiger charge is 2.29. The fourth-order valence-corrected chi connectivity index (χ4v) is 2.98. The van der Waals surface area contributed by atoms with Crippen molar-refractivity contribution < 1.29 is 4.79 Å². The van der Waals surface area contributed by atoms with Crippen LogP contribution in [0, 0.1) is 0 Å². The lowest BCUT2D eigenvalue weighted by atomic mass is 9.84. The van der Waals surface area contributed by atoms with Gasteiger partial charge in [0.1, 0.15) is 0 Å². The van der Waals surface area contributed by atoms with Crippen molar-refractivity contribution in [1.82, 2.24) is 0 Å². The van der Waals surface area contributed by atoms with Crippen LogP contribution in [0.4, 0.5) is 5.69 Å². The van der Waals surface area contributed by atoms with E-state index in [2.05, 4.69) is 11.9 Å². The topological polar surface area (TPSA) is 29.1 Å². The number of allylic oxidation sites excluding steroid dienone is 1. The molecule has 0 radical (unpaired) electrons. The molecule has 0 fully saturated rings. The van der Waals surface area contributed by atoms with Gasteiger partial charge >= 0.3 is 0 Å². The van der Waals surface area contributed by atoms with Gasteiger partial charge in [-0.3, -0.25) is 4.79 Å². The molecule has 0 aliphatic carbocycles. The Hall–Kier alpha value is -2.06. The quantitative estimate of drug-likeness (QED) is 0.658. The van der Waals surface area contributed by atoms with Crippen LogP contribution in [-0.2, 0) is 0 Å². The van der Waals surface area contributed by atoms with Gasteiger partial charge in [-0.25, -0.2) is 0 Å². The first-order valence-electron chi connectivity index (χ1n) is 6.97. The van der Waals surface area contributed by atoms with Crippen LogP contribution in [0.2, 0.25) is 5.02 Å². The van der Waals surface area contributed by atoms with Gasteiger partial charge in [0.15, 0.2) is 5.78 Å². The lowest BCUT2D eigenvalue weighted by Crippen LogP contribution is -2.35. The number of hydrogen-bond acceptors (Lipinski definition) is 2. The fraction of sp³-hybridized carbons (Fsp3) is 0.167. The molecule has 1 aliphatic heterocycles. The smallest absolute Gasteiger partial charge is 0.185 e. The van der Waals surface area contributed by atoms with Gasteiger partial charge in [-0.05, 0) is 30.2 Å². The van der Waals surface area contributed by atoms with Crippen molar-refractivity contribution in [2.75, 3.05) is 5.32 Å². The van der Waals surface area contributed by atoms with Gasteiger partial charge in [0.05, 0.1) is 6.04 Å². The number of fused-ring (bicyclic) bond motifs is 1. The Bertz CT molecular complexity index is 681. The molecule has 0 saturated carbocycles. The van der Waals surface area contributed by atoms with Crippen molar-refractivity contribution in [2.24, 2.45) is 0 Å². The molecule has 0 unspecified atom stereocenters. The number of anilines is 1. The van der Waals surface area contributed by atoms with E-state index >= 15 is 0 Å². The first-order valence-corrected chi connectivity index (χ1v) is 7.34. The highest BCUT2D eigenvalue weighted by atomic mass is 35.5. The van der Waals surface area contributed by atoms with E-state index in [1.165, 1.54) is 0 Å². The summed E-state index contributed by atoms with van der Waals surface area (Å²) in [6.45, 7) is 3.90. The van der Waals surface area contributed by atoms with Gasteiger partial charge in [0.25, 0.3) is 0 Å². The first kappa shape index (κ1) is 13.9. The van der Waals surface area contributed by atoms with Crippen LogP contribution in [-0.4, -0.2) is 11.8 Å². The summed E-state index contributed by atoms with van der Waals surface area (Å²) < 4.78 is 0. The van der Waals surface area contributed by atoms with E-state index in [1.54, 1.807) is 0 Å². The molecule has 106 valence electrons. The van der Waals surface area contributed by atoms with Crippen molar-refractivity contribution in [3.05, 3.63) is 77.3 Å². The summed E-state index contributed by atoms with van der Waals surface area (Å²) in [5.74, 6) is 0.251. The van der Waals surface area contributed by atoms with Crippen LogP contribution in [0.25, 0.3) is 0 Å². The molecular formula is C18H16ClNO. The van der Waals surface area contributed by atoms with E-state index in [0.29, 0.717) is 11.4 Å². The number of ketones is 1. The lowest BCUT2D eigenvalue weighted by molar-refractivity contribution is 0.0962. The third-order valence-corrected chi connectivity index (χ3v) is 4.13. The van der Waals surface area contributed by atoms with Crippen LogP contribution in [0.5, 0.6) is 0 Å². The summed E-state index contributed by atoms with van der Waals surface area (Å²) in [6.07, 6.45) is 2.59. The maximum atomic E-state index is 12.6. The minimum absolute atomic E-state index is 0.114. The SMILES string of the molecule is C=C[C@@H]1C[C@H](C(=O)c2ccccc2)Nc2ccc(Cl)cc21. The number of nitrogens with one attached hydrogen (secondary N) is 1. The molecule has 1 N–H and O–H groups in total. The molecule has 0 bridgehead atoms. The molecule has 21 heavy (non-hydrogen) atoms. The van der Waals surface area contributed by atoms with Gasteiger partial charge in [0, 0.05) is 22.2 Å². The summed E-state index contributed by atoms with van der Waals surface area (Å²) in [7, 11) is 0. The zero-order valence-corrected chi connectivity index (χ0v) is 12.3. The van der Waals surface area contributed by atoms with E-state index in [4.69, 9.17) is 11.6 Å². The zero-order chi connectivity index (χ0) is 14.8. The highest BCUT2D eigenvalue weighted by Crippen LogP contribution is 2.37. The number of carbonyl (C=O) groups is 1. The predicted octanol–water partition coefficient (Wildman–Crippen LogP) is 4.68. The van der Waals surface area contributed by atoms with Crippen LogP contribution in [0.3, 0.4) is 0 Å². The van der Waals surface area contributed by atoms with E-state index in [-0.39, 0.29) is 17.7 Å². The maximum absolute atomic E-state index is 12.6. The Balaban J connectivity index is 1.92. The van der Waals surface area contributed by atoms with Gasteiger partial charge in [0.2, 0.25) is 0 Å². The summed E-state index contributed by atoms with van der Waals surface area (Å²) in [6, 6.07) is 14.9. The summed E-state index contributed by atoms with van der Waals surface area (Å²) in [5, 5.41) is 4.03. The Labute approximate surface area is 129 Å². The normalized spacial score (nSPS) is 20.2. The third-order valence-electron chi connectivity index (χ3n) is 3.89. The van der Waals surface area contributed by atoms with Gasteiger partial charge in [-0.15, -0.1) is 6.58 Å². The van der Waals surface area contributed by atoms with E-state index in [9.17, 15) is 4.79 Å². The minimum atomic E-state index is -0.232. The number of rotatable bonds is 3. The monoisotopic (exact) mass is 297 g/mol. The van der Waals surface area contributed by atoms with Crippen molar-refractivity contribution in [3.8, 4) is 0 Å². The molecule has 1 aliphatic rings. The van der Waals surface area contributed by atoms with Crippen LogP contribution < -0.4 is 5.32 Å². The molecule has 2 aromatic carbocycles. The predicted molar refractivity (Wildman–Crippen MR) is 87.2 cm³/mol. The number of halogens is 1. The Kier molecular flexibility index (Phi) is 3.80. The number of hydrogen-bond donors (Lipinski definition) is 1. The molecule has 3 heteroatoms. The van der Waals surface area contributed by atoms with Gasteiger partial charge in [-0.2, -0.15) is 0 Å². The molecule has 2 aromatic rings. The third kappa shape index (κ3) is 2.72. The molecule has 3 rings (SSSR count). The van der Waals surface area contributed by atoms with E-state index in [1.807, 2.05) is 54.6 Å². The Morgan fingerprint density at radius 3 is 2.71 bits per heavy atom. The molecule has 0 amide bonds. The van der Waals surface area contributed by atoms with Crippen molar-refractivity contribution in [3.63, 3.8) is 0 Å². The molecule has 0 saturated heterocycles. The second kappa shape index (κ2) is 5.74. The van der Waals surface area contributed by atoms with Gasteiger partial charge < -0.3 is 5.32 Å². The molecular weight excluding hydrogens is 282 g/mol. The molecule has 1 heterocycles. The second-order valence-corrected chi connectivity index (χ2v) is 5.67. The van der Waals surface area contributed by atoms with Gasteiger partial charge in [-0.1, -0.05) is 48.0 Å². The number of Topliss-reactive ketones (excluding diaryl/α,β-unsaturated/α-hetero) is 1. The summed E-state index contributed by atoms with van der Waals surface area (Å²) in [5.41, 5.74) is 2.80. The minimum Gasteiger partial charge on any atom is -0.375 e. The fourth-order valence-electron chi connectivity index (χ4n) is 2.80. The molecule has 2 nitrogen and oxygen atoms in total. The summed E-state index contributed by atoms with van der Waals surface area (Å²) in [4.78, 5) is 12.6. The van der Waals surface area contributed by atoms with E-state index < -0.39 is 0 Å². The molecule has 0 spiro atoms. The molecule has 2 atom stereocenters. The second-order valence-electron chi connectivity index (χ2n) is 5.24. The van der Waals surface area contributed by atoms with Crippen molar-refractivity contribution in [2.45, 2.75) is 18.4 Å². The average Bonchev–Trinajstić information content (AvgIpc) is 2.54. The Morgan fingerprint density at radius 2 is 2.00 bits per heavy atom. The number of benzene rings is 2. The highest BCUT2D eigenvalue weighted by molar-refractivity contribution is 6.30. The average molecular weight is 298 g/mol. The van der Waals surface area contributed by atoms with Crippen molar-refractivity contribution in [1.29, 1.82) is 0 Å². The van der Waals surface area contributed by atoms with Crippen LogP contribution in [0.15, 0.2) is 61.2 Å². The summed E-state index contributed by atoms with van der Waals surface area (Å²) >= 11 is 6.06.